The minimum absolute atomic E-state index is 0.384. The molecule has 0 aliphatic heterocycles. The molecule has 0 saturated carbocycles. The normalized spacial score (nSPS) is 7.57. The summed E-state index contributed by atoms with van der Waals surface area (Å²) in [4.78, 5) is 9.70. The molecule has 1 N–H and O–H groups in total. The molecule has 7 heavy (non-hydrogen) atoms. The van der Waals surface area contributed by atoms with E-state index >= 15 is 0 Å². The molecule has 0 atom stereocenters. The predicted molar refractivity (Wildman–Crippen MR) is 28.6 cm³/mol. The smallest absolute Gasteiger partial charge is 0.165 e. The second-order valence-electron chi connectivity index (χ2n) is 1.07. The Labute approximate surface area is 43.2 Å². The van der Waals surface area contributed by atoms with E-state index in [-0.39, 0.29) is 0 Å². The number of allylic oxidation sites excluding steroid dienone is 1. The lowest BCUT2D eigenvalue weighted by Gasteiger charge is -1.93. The van der Waals surface area contributed by atoms with Crippen molar-refractivity contribution in [2.75, 3.05) is 6.54 Å². The molecule has 0 saturated heterocycles. The van der Waals surface area contributed by atoms with Crippen LogP contribution in [0.4, 0.5) is 0 Å². The summed E-state index contributed by atoms with van der Waals surface area (Å²) in [5.74, 6) is 0. The van der Waals surface area contributed by atoms with Crippen LogP contribution in [0.3, 0.4) is 0 Å². The van der Waals surface area contributed by atoms with Crippen molar-refractivity contribution >= 4 is 6.29 Å². The number of aldehydes is 1. The molecule has 1 radical (unpaired) electrons. The number of nitrogens with one attached hydrogen (secondary N) is 1. The van der Waals surface area contributed by atoms with Gasteiger partial charge in [-0.3, -0.25) is 4.79 Å². The van der Waals surface area contributed by atoms with Gasteiger partial charge in [-0.25, -0.2) is 0 Å². The summed E-state index contributed by atoms with van der Waals surface area (Å²) in [6.45, 7) is 7.30. The Morgan fingerprint density at radius 2 is 2.43 bits per heavy atom. The van der Waals surface area contributed by atoms with E-state index in [0.29, 0.717) is 18.5 Å². The van der Waals surface area contributed by atoms with Crippen molar-refractivity contribution in [1.82, 2.24) is 5.32 Å². The van der Waals surface area contributed by atoms with Gasteiger partial charge in [-0.15, -0.1) is 0 Å². The number of carbonyl (C=O) groups excluding carboxylic acids is 1. The molecule has 0 aliphatic rings. The zero-order chi connectivity index (χ0) is 5.70. The Hall–Kier alpha value is -0.790. The van der Waals surface area contributed by atoms with Gasteiger partial charge >= 0.3 is 0 Å². The third-order valence-corrected chi connectivity index (χ3v) is 0.494. The van der Waals surface area contributed by atoms with Crippen LogP contribution >= 0.6 is 0 Å². The summed E-state index contributed by atoms with van der Waals surface area (Å²) in [5, 5.41) is 2.62. The average molecular weight is 98.1 g/mol. The maximum Gasteiger partial charge on any atom is 0.165 e. The van der Waals surface area contributed by atoms with Crippen molar-refractivity contribution in [3.8, 4) is 0 Å². The third-order valence-electron chi connectivity index (χ3n) is 0.494. The van der Waals surface area contributed by atoms with Crippen molar-refractivity contribution in [2.45, 2.75) is 0 Å². The number of hydrogen-bond donors (Lipinski definition) is 1. The van der Waals surface area contributed by atoms with Crippen LogP contribution in [0.2, 0.25) is 0 Å². The van der Waals surface area contributed by atoms with Crippen molar-refractivity contribution in [2.24, 2.45) is 0 Å². The topological polar surface area (TPSA) is 29.1 Å². The molecule has 0 bridgehead atoms. The van der Waals surface area contributed by atoms with Gasteiger partial charge in [0.05, 0.1) is 5.70 Å². The molecule has 2 heteroatoms. The Bertz CT molecular complexity index is 78.1. The van der Waals surface area contributed by atoms with Gasteiger partial charge in [-0.2, -0.15) is 0 Å². The lowest BCUT2D eigenvalue weighted by Crippen LogP contribution is -2.11. The Balaban J connectivity index is 3.17. The molecule has 0 amide bonds. The molecule has 0 aromatic rings. The van der Waals surface area contributed by atoms with Gasteiger partial charge in [0.2, 0.25) is 0 Å². The van der Waals surface area contributed by atoms with Crippen LogP contribution in [0, 0.1) is 6.92 Å². The molecule has 0 unspecified atom stereocenters. The summed E-state index contributed by atoms with van der Waals surface area (Å²) in [6.07, 6.45) is 0.658. The Morgan fingerprint density at radius 1 is 1.86 bits per heavy atom. The van der Waals surface area contributed by atoms with E-state index in [9.17, 15) is 4.79 Å². The van der Waals surface area contributed by atoms with E-state index < -0.39 is 0 Å². The minimum Gasteiger partial charge on any atom is -0.383 e. The van der Waals surface area contributed by atoms with E-state index in [0.717, 1.165) is 0 Å². The van der Waals surface area contributed by atoms with Gasteiger partial charge in [0.25, 0.3) is 0 Å². The highest BCUT2D eigenvalue weighted by Crippen LogP contribution is 1.69. The van der Waals surface area contributed by atoms with Crippen molar-refractivity contribution in [3.63, 3.8) is 0 Å². The van der Waals surface area contributed by atoms with Gasteiger partial charge in [0.15, 0.2) is 6.29 Å². The Kier molecular flexibility index (Phi) is 3.02. The fraction of sp³-hybridized carbons (Fsp3) is 0.200. The van der Waals surface area contributed by atoms with Gasteiger partial charge in [0, 0.05) is 6.54 Å². The highest BCUT2D eigenvalue weighted by atomic mass is 16.1. The number of rotatable bonds is 3. The van der Waals surface area contributed by atoms with Gasteiger partial charge in [-0.05, 0) is 6.92 Å². The van der Waals surface area contributed by atoms with E-state index in [4.69, 9.17) is 0 Å². The molecule has 0 heterocycles. The van der Waals surface area contributed by atoms with E-state index in [2.05, 4.69) is 18.8 Å². The largest absolute Gasteiger partial charge is 0.383 e. The summed E-state index contributed by atoms with van der Waals surface area (Å²) >= 11 is 0. The highest BCUT2D eigenvalue weighted by Gasteiger charge is 1.79. The predicted octanol–water partition coefficient (Wildman–Crippen LogP) is 0.123. The summed E-state index contributed by atoms with van der Waals surface area (Å²) in [5.41, 5.74) is 0.384. The highest BCUT2D eigenvalue weighted by molar-refractivity contribution is 5.70. The van der Waals surface area contributed by atoms with Crippen LogP contribution in [-0.2, 0) is 4.79 Å². The van der Waals surface area contributed by atoms with Gasteiger partial charge < -0.3 is 5.32 Å². The first-order valence-electron chi connectivity index (χ1n) is 1.98. The lowest BCUT2D eigenvalue weighted by atomic mass is 10.5. The molecule has 0 spiro atoms. The minimum atomic E-state index is 0.384. The molecule has 0 aromatic heterocycles. The van der Waals surface area contributed by atoms with Crippen LogP contribution in [0.15, 0.2) is 12.3 Å². The first-order valence-corrected chi connectivity index (χ1v) is 1.98. The molecule has 39 valence electrons. The second kappa shape index (κ2) is 3.40. The second-order valence-corrected chi connectivity index (χ2v) is 1.07. The summed E-state index contributed by atoms with van der Waals surface area (Å²) in [6, 6.07) is 0. The SMILES string of the molecule is [CH2]CNC(=C)C=O. The molecular formula is C5H8NO. The average Bonchev–Trinajstić information content (AvgIpc) is 1.68. The lowest BCUT2D eigenvalue weighted by molar-refractivity contribution is -0.105. The molecule has 0 aliphatic carbocycles. The zero-order valence-electron chi connectivity index (χ0n) is 4.11. The van der Waals surface area contributed by atoms with Crippen molar-refractivity contribution in [1.29, 1.82) is 0 Å². The van der Waals surface area contributed by atoms with Crippen molar-refractivity contribution < 1.29 is 4.79 Å². The standard InChI is InChI=1S/C5H8NO/c1-3-6-5(2)4-7/h4,6H,1-3H2. The van der Waals surface area contributed by atoms with E-state index in [1.165, 1.54) is 0 Å². The Morgan fingerprint density at radius 3 is 2.57 bits per heavy atom. The summed E-state index contributed by atoms with van der Waals surface area (Å²) < 4.78 is 0. The van der Waals surface area contributed by atoms with Crippen LogP contribution < -0.4 is 5.32 Å². The number of carbonyl (C=O) groups is 1. The van der Waals surface area contributed by atoms with Crippen molar-refractivity contribution in [3.05, 3.63) is 19.2 Å². The fourth-order valence-corrected chi connectivity index (χ4v) is 0.202. The van der Waals surface area contributed by atoms with Crippen LogP contribution in [0.1, 0.15) is 0 Å². The first-order chi connectivity index (χ1) is 3.31. The zero-order valence-corrected chi connectivity index (χ0v) is 4.11. The van der Waals surface area contributed by atoms with E-state index in [1.807, 2.05) is 0 Å². The quantitative estimate of drug-likeness (QED) is 0.401. The molecule has 0 rings (SSSR count). The molecule has 0 fully saturated rings. The van der Waals surface area contributed by atoms with Crippen LogP contribution in [0.5, 0.6) is 0 Å². The third kappa shape index (κ3) is 3.03. The van der Waals surface area contributed by atoms with Crippen LogP contribution in [-0.4, -0.2) is 12.8 Å². The first kappa shape index (κ1) is 6.21. The fourth-order valence-electron chi connectivity index (χ4n) is 0.202. The van der Waals surface area contributed by atoms with Crippen LogP contribution in [0.25, 0.3) is 0 Å². The monoisotopic (exact) mass is 98.1 g/mol. The maximum atomic E-state index is 9.70. The molecule has 2 nitrogen and oxygen atoms in total. The summed E-state index contributed by atoms with van der Waals surface area (Å²) in [7, 11) is 0. The van der Waals surface area contributed by atoms with Gasteiger partial charge in [-0.1, -0.05) is 6.58 Å². The number of hydrogen-bond acceptors (Lipinski definition) is 2. The molecular weight excluding hydrogens is 90.1 g/mol. The maximum absolute atomic E-state index is 9.70. The van der Waals surface area contributed by atoms with E-state index in [1.54, 1.807) is 0 Å². The van der Waals surface area contributed by atoms with Gasteiger partial charge in [0.1, 0.15) is 0 Å². The molecule has 0 aromatic carbocycles.